The summed E-state index contributed by atoms with van der Waals surface area (Å²) in [7, 11) is -5.41. The molecule has 22 heteroatoms. The number of aliphatic hydroxyl groups excluding tert-OH is 11. The van der Waals surface area contributed by atoms with Gasteiger partial charge in [0.15, 0.2) is 12.6 Å². The van der Waals surface area contributed by atoms with Gasteiger partial charge < -0.3 is 84.7 Å². The SMILES string of the molecule is CCCCCCCCCCCCCCCC(=O)O[C@H](CC)COP(=O)(O)OC1C(O[C@@H]2OC(CO)[C@H](O)[C@H](O)C2O)C(O)C(O)[C@H](O)C1O[C@H]1OC(CO)[C@@H](O)C(O)[C@H]1O. The Labute approximate surface area is 350 Å². The van der Waals surface area contributed by atoms with Crippen molar-refractivity contribution >= 4 is 13.8 Å². The van der Waals surface area contributed by atoms with E-state index in [1.165, 1.54) is 51.4 Å². The number of ether oxygens (including phenoxy) is 5. The molecule has 18 atom stereocenters. The van der Waals surface area contributed by atoms with Gasteiger partial charge in [0, 0.05) is 6.42 Å². The molecule has 0 aromatic heterocycles. The average Bonchev–Trinajstić information content (AvgIpc) is 3.22. The summed E-state index contributed by atoms with van der Waals surface area (Å²) in [6.07, 6.45) is -18.5. The molecule has 0 radical (unpaired) electrons. The highest BCUT2D eigenvalue weighted by molar-refractivity contribution is 7.47. The number of phosphoric ester groups is 1. The van der Waals surface area contributed by atoms with E-state index < -0.39 is 138 Å². The number of esters is 1. The fraction of sp³-hybridized carbons (Fsp3) is 0.974. The van der Waals surface area contributed by atoms with E-state index in [-0.39, 0.29) is 12.8 Å². The van der Waals surface area contributed by atoms with E-state index in [0.717, 1.165) is 25.7 Å². The van der Waals surface area contributed by atoms with Crippen molar-refractivity contribution in [3.05, 3.63) is 0 Å². The maximum absolute atomic E-state index is 13.5. The highest BCUT2D eigenvalue weighted by Crippen LogP contribution is 2.49. The van der Waals surface area contributed by atoms with Crippen molar-refractivity contribution in [2.45, 2.75) is 214 Å². The van der Waals surface area contributed by atoms with Crippen LogP contribution in [0.15, 0.2) is 0 Å². The summed E-state index contributed by atoms with van der Waals surface area (Å²) in [5, 5.41) is 115. The summed E-state index contributed by atoms with van der Waals surface area (Å²) >= 11 is 0. The van der Waals surface area contributed by atoms with Crippen LogP contribution in [0.3, 0.4) is 0 Å². The fourth-order valence-corrected chi connectivity index (χ4v) is 8.36. The fourth-order valence-electron chi connectivity index (χ4n) is 7.40. The van der Waals surface area contributed by atoms with Crippen molar-refractivity contribution < 1.29 is 103 Å². The molecule has 0 spiro atoms. The topological polar surface area (TPSA) is 342 Å². The molecule has 0 aromatic carbocycles. The third-order valence-corrected chi connectivity index (χ3v) is 12.2. The Kier molecular flexibility index (Phi) is 23.7. The van der Waals surface area contributed by atoms with Crippen LogP contribution in [0, 0.1) is 0 Å². The number of carbonyl (C=O) groups excluding carboxylic acids is 1. The molecule has 12 N–H and O–H groups in total. The van der Waals surface area contributed by atoms with Crippen LogP contribution in [0.5, 0.6) is 0 Å². The molecule has 0 bridgehead atoms. The van der Waals surface area contributed by atoms with Gasteiger partial charge in [-0.15, -0.1) is 0 Å². The maximum atomic E-state index is 13.5. The highest BCUT2D eigenvalue weighted by atomic mass is 31.2. The molecule has 2 saturated heterocycles. The minimum absolute atomic E-state index is 0.107. The van der Waals surface area contributed by atoms with Crippen LogP contribution in [-0.2, 0) is 42.1 Å². The standard InChI is InChI=1S/C38H71O21P/c1-3-5-6-7-8-9-10-11-12-13-14-15-16-17-24(41)54-21(4-2)20-53-60(51,52)59-36-34(57-37-32(49)27(44)25(42)22(18-39)55-37)30(47)29(46)31(48)35(36)58-38-33(50)28(45)26(43)23(19-40)56-38/h21-23,25-40,42-50H,3-20H2,1-2H3,(H,51,52)/t21-,22?,23?,25-,26+,27?,28+,29?,30+,31?,32-,33?,34?,35?,36?,37-,38+/m1/s1. The average molecular weight is 895 g/mol. The van der Waals surface area contributed by atoms with Crippen LogP contribution in [0.4, 0.5) is 0 Å². The number of carbonyl (C=O) groups is 1. The first-order valence-electron chi connectivity index (χ1n) is 21.3. The van der Waals surface area contributed by atoms with E-state index in [2.05, 4.69) is 6.92 Å². The Bertz CT molecular complexity index is 1200. The zero-order chi connectivity index (χ0) is 44.6. The summed E-state index contributed by atoms with van der Waals surface area (Å²) in [6.45, 7) is 1.34. The summed E-state index contributed by atoms with van der Waals surface area (Å²) in [4.78, 5) is 23.6. The van der Waals surface area contributed by atoms with Crippen LogP contribution in [0.2, 0.25) is 0 Å². The lowest BCUT2D eigenvalue weighted by Gasteiger charge is -2.49. The van der Waals surface area contributed by atoms with Gasteiger partial charge in [0.05, 0.1) is 19.8 Å². The van der Waals surface area contributed by atoms with E-state index in [1.54, 1.807) is 6.92 Å². The first kappa shape index (κ1) is 53.3. The molecule has 3 fully saturated rings. The molecule has 2 heterocycles. The molecule has 3 aliphatic rings. The van der Waals surface area contributed by atoms with E-state index in [1.807, 2.05) is 0 Å². The molecule has 3 rings (SSSR count). The second kappa shape index (κ2) is 26.7. The summed E-state index contributed by atoms with van der Waals surface area (Å²) in [6, 6.07) is 0. The minimum Gasteiger partial charge on any atom is -0.460 e. The highest BCUT2D eigenvalue weighted by Gasteiger charge is 2.58. The van der Waals surface area contributed by atoms with Gasteiger partial charge in [0.2, 0.25) is 0 Å². The van der Waals surface area contributed by atoms with Crippen LogP contribution in [-0.4, -0.2) is 191 Å². The molecule has 1 aliphatic carbocycles. The maximum Gasteiger partial charge on any atom is 0.472 e. The van der Waals surface area contributed by atoms with E-state index in [0.29, 0.717) is 6.42 Å². The van der Waals surface area contributed by atoms with E-state index in [9.17, 15) is 70.4 Å². The van der Waals surface area contributed by atoms with Crippen LogP contribution in [0.25, 0.3) is 0 Å². The Hall–Kier alpha value is -1.02. The Morgan fingerprint density at radius 1 is 0.567 bits per heavy atom. The molecular formula is C38H71O21P. The Morgan fingerprint density at radius 3 is 1.37 bits per heavy atom. The number of hydrogen-bond acceptors (Lipinski definition) is 20. The van der Waals surface area contributed by atoms with Crippen molar-refractivity contribution in [1.82, 2.24) is 0 Å². The first-order valence-corrected chi connectivity index (χ1v) is 22.8. The zero-order valence-electron chi connectivity index (χ0n) is 34.5. The van der Waals surface area contributed by atoms with Crippen molar-refractivity contribution in [3.63, 3.8) is 0 Å². The van der Waals surface area contributed by atoms with Gasteiger partial charge in [-0.3, -0.25) is 13.8 Å². The van der Waals surface area contributed by atoms with Crippen LogP contribution >= 0.6 is 7.82 Å². The van der Waals surface area contributed by atoms with Gasteiger partial charge in [0.1, 0.15) is 91.6 Å². The second-order valence-electron chi connectivity index (χ2n) is 15.9. The lowest BCUT2D eigenvalue weighted by Crippen LogP contribution is -2.69. The van der Waals surface area contributed by atoms with Crippen molar-refractivity contribution in [3.8, 4) is 0 Å². The van der Waals surface area contributed by atoms with Crippen molar-refractivity contribution in [2.24, 2.45) is 0 Å². The Balaban J connectivity index is 1.66. The van der Waals surface area contributed by atoms with Crippen molar-refractivity contribution in [2.75, 3.05) is 19.8 Å². The number of hydrogen-bond donors (Lipinski definition) is 12. The number of rotatable bonds is 27. The predicted octanol–water partition coefficient (Wildman–Crippen LogP) is -1.24. The third kappa shape index (κ3) is 15.6. The predicted molar refractivity (Wildman–Crippen MR) is 206 cm³/mol. The van der Waals surface area contributed by atoms with Gasteiger partial charge in [-0.1, -0.05) is 90.9 Å². The smallest absolute Gasteiger partial charge is 0.460 e. The quantitative estimate of drug-likeness (QED) is 0.0261. The second-order valence-corrected chi connectivity index (χ2v) is 17.3. The zero-order valence-corrected chi connectivity index (χ0v) is 35.4. The molecule has 21 nitrogen and oxygen atoms in total. The molecule has 10 unspecified atom stereocenters. The molecule has 0 aromatic rings. The molecule has 2 aliphatic heterocycles. The van der Waals surface area contributed by atoms with Crippen LogP contribution in [0.1, 0.15) is 110 Å². The number of aliphatic hydroxyl groups is 11. The lowest BCUT2D eigenvalue weighted by atomic mass is 9.84. The summed E-state index contributed by atoms with van der Waals surface area (Å²) < 4.78 is 51.5. The first-order chi connectivity index (χ1) is 28.5. The number of phosphoric acid groups is 1. The lowest BCUT2D eigenvalue weighted by molar-refractivity contribution is -0.360. The molecular weight excluding hydrogens is 823 g/mol. The van der Waals surface area contributed by atoms with Gasteiger partial charge in [0.25, 0.3) is 0 Å². The summed E-state index contributed by atoms with van der Waals surface area (Å²) in [5.74, 6) is -0.560. The van der Waals surface area contributed by atoms with Gasteiger partial charge in [-0.05, 0) is 12.8 Å². The van der Waals surface area contributed by atoms with Gasteiger partial charge in [-0.25, -0.2) is 4.57 Å². The van der Waals surface area contributed by atoms with E-state index in [4.69, 9.17) is 32.7 Å². The minimum atomic E-state index is -5.41. The monoisotopic (exact) mass is 894 g/mol. The van der Waals surface area contributed by atoms with Crippen LogP contribution < -0.4 is 0 Å². The van der Waals surface area contributed by atoms with Gasteiger partial charge in [-0.2, -0.15) is 0 Å². The summed E-state index contributed by atoms with van der Waals surface area (Å²) in [5.41, 5.74) is 0. The molecule has 354 valence electrons. The molecule has 1 saturated carbocycles. The normalized spacial score (nSPS) is 37.7. The largest absolute Gasteiger partial charge is 0.472 e. The van der Waals surface area contributed by atoms with Crippen molar-refractivity contribution in [1.29, 1.82) is 0 Å². The third-order valence-electron chi connectivity index (χ3n) is 11.2. The molecule has 60 heavy (non-hydrogen) atoms. The molecule has 0 amide bonds. The number of unbranched alkanes of at least 4 members (excludes halogenated alkanes) is 12. The van der Waals surface area contributed by atoms with Gasteiger partial charge >= 0.3 is 13.8 Å². The Morgan fingerprint density at radius 2 is 0.967 bits per heavy atom. The van der Waals surface area contributed by atoms with E-state index >= 15 is 0 Å².